The van der Waals surface area contributed by atoms with Gasteiger partial charge in [-0.3, -0.25) is 4.98 Å². The van der Waals surface area contributed by atoms with Crippen LogP contribution in [0.4, 0.5) is 11.5 Å². The zero-order valence-corrected chi connectivity index (χ0v) is 18.1. The van der Waals surface area contributed by atoms with Crippen molar-refractivity contribution in [3.8, 4) is 22.8 Å². The Bertz CT molecular complexity index is 1030. The quantitative estimate of drug-likeness (QED) is 0.638. The number of aryl methyl sites for hydroxylation is 1. The lowest BCUT2D eigenvalue weighted by atomic mass is 10.0. The number of aromatic nitrogens is 2. The summed E-state index contributed by atoms with van der Waals surface area (Å²) < 4.78 is 10.8. The van der Waals surface area contributed by atoms with Gasteiger partial charge in [-0.1, -0.05) is 18.2 Å². The molecule has 6 heteroatoms. The Morgan fingerprint density at radius 1 is 0.833 bits per heavy atom. The summed E-state index contributed by atoms with van der Waals surface area (Å²) in [7, 11) is 3.32. The van der Waals surface area contributed by atoms with Gasteiger partial charge in [0, 0.05) is 43.5 Å². The molecule has 0 atom stereocenters. The van der Waals surface area contributed by atoms with Crippen LogP contribution in [0.1, 0.15) is 11.1 Å². The maximum Gasteiger partial charge on any atom is 0.162 e. The van der Waals surface area contributed by atoms with Crippen LogP contribution in [0.25, 0.3) is 11.3 Å². The molecule has 3 aromatic rings. The van der Waals surface area contributed by atoms with Crippen molar-refractivity contribution >= 4 is 11.5 Å². The molecule has 0 unspecified atom stereocenters. The fraction of sp³-hybridized carbons (Fsp3) is 0.333. The van der Waals surface area contributed by atoms with Crippen LogP contribution in [-0.2, 0) is 0 Å². The van der Waals surface area contributed by atoms with Crippen molar-refractivity contribution in [2.45, 2.75) is 13.8 Å². The molecule has 30 heavy (non-hydrogen) atoms. The molecular formula is C24H28N4O2. The van der Waals surface area contributed by atoms with Gasteiger partial charge in [0.1, 0.15) is 5.82 Å². The monoisotopic (exact) mass is 404 g/mol. The van der Waals surface area contributed by atoms with E-state index in [0.29, 0.717) is 0 Å². The molecule has 0 bridgehead atoms. The zero-order chi connectivity index (χ0) is 21.1. The number of ether oxygens (including phenoxy) is 2. The van der Waals surface area contributed by atoms with E-state index in [1.807, 2.05) is 24.5 Å². The second kappa shape index (κ2) is 8.61. The van der Waals surface area contributed by atoms with Gasteiger partial charge in [0.25, 0.3) is 0 Å². The molecule has 0 N–H and O–H groups in total. The highest BCUT2D eigenvalue weighted by Crippen LogP contribution is 2.32. The first-order valence-electron chi connectivity index (χ1n) is 10.2. The van der Waals surface area contributed by atoms with Crippen LogP contribution in [0.3, 0.4) is 0 Å². The number of hydrogen-bond acceptors (Lipinski definition) is 6. The minimum Gasteiger partial charge on any atom is -0.493 e. The number of benzene rings is 2. The Morgan fingerprint density at radius 3 is 2.30 bits per heavy atom. The first-order valence-corrected chi connectivity index (χ1v) is 10.2. The molecular weight excluding hydrogens is 376 g/mol. The van der Waals surface area contributed by atoms with Crippen molar-refractivity contribution in [2.75, 3.05) is 50.2 Å². The molecule has 4 rings (SSSR count). The number of methoxy groups -OCH3 is 2. The van der Waals surface area contributed by atoms with Crippen molar-refractivity contribution in [3.63, 3.8) is 0 Å². The van der Waals surface area contributed by atoms with E-state index >= 15 is 0 Å². The molecule has 0 aliphatic carbocycles. The number of rotatable bonds is 5. The summed E-state index contributed by atoms with van der Waals surface area (Å²) in [6, 6.07) is 12.4. The lowest BCUT2D eigenvalue weighted by molar-refractivity contribution is 0.355. The molecule has 0 spiro atoms. The highest BCUT2D eigenvalue weighted by atomic mass is 16.5. The fourth-order valence-corrected chi connectivity index (χ4v) is 3.88. The van der Waals surface area contributed by atoms with Gasteiger partial charge in [-0.2, -0.15) is 0 Å². The van der Waals surface area contributed by atoms with E-state index in [9.17, 15) is 0 Å². The highest BCUT2D eigenvalue weighted by Gasteiger charge is 2.20. The van der Waals surface area contributed by atoms with Gasteiger partial charge in [-0.15, -0.1) is 0 Å². The van der Waals surface area contributed by atoms with E-state index in [1.165, 1.54) is 11.1 Å². The van der Waals surface area contributed by atoms with Crippen LogP contribution in [0.5, 0.6) is 11.5 Å². The van der Waals surface area contributed by atoms with E-state index in [4.69, 9.17) is 14.5 Å². The van der Waals surface area contributed by atoms with Gasteiger partial charge in [-0.05, 0) is 37.1 Å². The molecule has 156 valence electrons. The van der Waals surface area contributed by atoms with Crippen LogP contribution >= 0.6 is 0 Å². The molecule has 2 heterocycles. The summed E-state index contributed by atoms with van der Waals surface area (Å²) in [6.45, 7) is 7.86. The van der Waals surface area contributed by atoms with Crippen molar-refractivity contribution in [1.82, 2.24) is 9.97 Å². The van der Waals surface area contributed by atoms with Crippen molar-refractivity contribution in [2.24, 2.45) is 0 Å². The molecule has 2 aromatic carbocycles. The zero-order valence-electron chi connectivity index (χ0n) is 18.1. The Hall–Kier alpha value is -3.28. The van der Waals surface area contributed by atoms with Crippen LogP contribution in [0.15, 0.2) is 48.8 Å². The molecule has 0 radical (unpaired) electrons. The Labute approximate surface area is 178 Å². The summed E-state index contributed by atoms with van der Waals surface area (Å²) in [5.74, 6) is 2.43. The minimum absolute atomic E-state index is 0.749. The average Bonchev–Trinajstić information content (AvgIpc) is 2.80. The second-order valence-corrected chi connectivity index (χ2v) is 7.52. The lowest BCUT2D eigenvalue weighted by Gasteiger charge is -2.36. The normalized spacial score (nSPS) is 14.0. The molecule has 0 saturated carbocycles. The Kier molecular flexibility index (Phi) is 5.74. The number of anilines is 2. The van der Waals surface area contributed by atoms with Crippen molar-refractivity contribution in [3.05, 3.63) is 59.9 Å². The van der Waals surface area contributed by atoms with Crippen LogP contribution < -0.4 is 19.3 Å². The van der Waals surface area contributed by atoms with Gasteiger partial charge in [0.05, 0.1) is 32.3 Å². The molecule has 0 amide bonds. The summed E-state index contributed by atoms with van der Waals surface area (Å²) in [5.41, 5.74) is 5.73. The molecule has 1 aliphatic rings. The van der Waals surface area contributed by atoms with E-state index in [1.54, 1.807) is 14.2 Å². The van der Waals surface area contributed by atoms with Gasteiger partial charge in [0.2, 0.25) is 0 Å². The van der Waals surface area contributed by atoms with Gasteiger partial charge in [0.15, 0.2) is 11.5 Å². The third-order valence-corrected chi connectivity index (χ3v) is 5.84. The van der Waals surface area contributed by atoms with E-state index in [0.717, 1.165) is 60.4 Å². The minimum atomic E-state index is 0.749. The van der Waals surface area contributed by atoms with E-state index < -0.39 is 0 Å². The van der Waals surface area contributed by atoms with E-state index in [2.05, 4.69) is 52.9 Å². The predicted molar refractivity (Wildman–Crippen MR) is 121 cm³/mol. The average molecular weight is 405 g/mol. The molecule has 1 aliphatic heterocycles. The molecule has 1 fully saturated rings. The maximum atomic E-state index is 5.45. The third-order valence-electron chi connectivity index (χ3n) is 5.84. The smallest absolute Gasteiger partial charge is 0.162 e. The fourth-order valence-electron chi connectivity index (χ4n) is 3.88. The van der Waals surface area contributed by atoms with Crippen molar-refractivity contribution in [1.29, 1.82) is 0 Å². The van der Waals surface area contributed by atoms with Crippen LogP contribution in [0, 0.1) is 13.8 Å². The number of piperazine rings is 1. The van der Waals surface area contributed by atoms with E-state index in [-0.39, 0.29) is 0 Å². The SMILES string of the molecule is COc1ccc(N2CCN(c3cncc(-c4cccc(C)c4C)n3)CC2)cc1OC. The predicted octanol–water partition coefficient (Wildman–Crippen LogP) is 4.10. The maximum absolute atomic E-state index is 5.45. The first-order chi connectivity index (χ1) is 14.6. The highest BCUT2D eigenvalue weighted by molar-refractivity contribution is 5.66. The van der Waals surface area contributed by atoms with Gasteiger partial charge in [-0.25, -0.2) is 4.98 Å². The van der Waals surface area contributed by atoms with Crippen molar-refractivity contribution < 1.29 is 9.47 Å². The van der Waals surface area contributed by atoms with Crippen LogP contribution in [0.2, 0.25) is 0 Å². The Balaban J connectivity index is 1.49. The lowest BCUT2D eigenvalue weighted by Crippen LogP contribution is -2.46. The number of nitrogens with zero attached hydrogens (tertiary/aromatic N) is 4. The second-order valence-electron chi connectivity index (χ2n) is 7.52. The number of hydrogen-bond donors (Lipinski definition) is 0. The Morgan fingerprint density at radius 2 is 1.57 bits per heavy atom. The summed E-state index contributed by atoms with van der Waals surface area (Å²) in [6.07, 6.45) is 3.71. The molecule has 1 saturated heterocycles. The molecule has 6 nitrogen and oxygen atoms in total. The molecule has 1 aromatic heterocycles. The standard InChI is InChI=1S/C24H28N4O2/c1-17-6-5-7-20(18(17)2)21-15-25-16-24(26-21)28-12-10-27(11-13-28)19-8-9-22(29-3)23(14-19)30-4/h5-9,14-16H,10-13H2,1-4H3. The third kappa shape index (κ3) is 3.90. The topological polar surface area (TPSA) is 50.7 Å². The first kappa shape index (κ1) is 20.0. The van der Waals surface area contributed by atoms with Gasteiger partial charge < -0.3 is 19.3 Å². The van der Waals surface area contributed by atoms with Gasteiger partial charge >= 0.3 is 0 Å². The summed E-state index contributed by atoms with van der Waals surface area (Å²) >= 11 is 0. The van der Waals surface area contributed by atoms with Crippen LogP contribution in [-0.4, -0.2) is 50.4 Å². The summed E-state index contributed by atoms with van der Waals surface area (Å²) in [5, 5.41) is 0. The summed E-state index contributed by atoms with van der Waals surface area (Å²) in [4.78, 5) is 14.1. The largest absolute Gasteiger partial charge is 0.493 e.